The quantitative estimate of drug-likeness (QED) is 0.852. The highest BCUT2D eigenvalue weighted by molar-refractivity contribution is 6.30. The van der Waals surface area contributed by atoms with Crippen molar-refractivity contribution >= 4 is 23.2 Å². The van der Waals surface area contributed by atoms with E-state index in [4.69, 9.17) is 11.6 Å². The minimum absolute atomic E-state index is 0.115. The molecular weight excluding hydrogens is 290 g/mol. The normalized spacial score (nSPS) is 10.8. The van der Waals surface area contributed by atoms with Gasteiger partial charge in [-0.2, -0.15) is 0 Å². The highest BCUT2D eigenvalue weighted by Crippen LogP contribution is 2.21. The second-order valence-electron chi connectivity index (χ2n) is 4.04. The maximum Gasteiger partial charge on any atom is 0.256 e. The van der Waals surface area contributed by atoms with Crippen molar-refractivity contribution in [3.8, 4) is 0 Å². The molecule has 0 radical (unpaired) electrons. The van der Waals surface area contributed by atoms with Gasteiger partial charge in [-0.25, -0.2) is 8.78 Å². The molecule has 0 unspecified atom stereocenters. The van der Waals surface area contributed by atoms with E-state index < -0.39 is 18.9 Å². The lowest BCUT2D eigenvalue weighted by molar-refractivity contribution is -0.118. The number of benzene rings is 1. The molecular formula is C13H11ClF2N2O2. The Labute approximate surface area is 118 Å². The zero-order valence-electron chi connectivity index (χ0n) is 10.3. The number of carbonyl (C=O) groups excluding carboxylic acids is 1. The molecule has 0 fully saturated rings. The summed E-state index contributed by atoms with van der Waals surface area (Å²) in [6.45, 7) is -0.697. The Hall–Kier alpha value is -1.95. The largest absolute Gasteiger partial charge is 0.364 e. The molecule has 0 aliphatic heterocycles. The van der Waals surface area contributed by atoms with Crippen molar-refractivity contribution in [1.29, 1.82) is 0 Å². The van der Waals surface area contributed by atoms with Gasteiger partial charge in [0.05, 0.1) is 18.7 Å². The Balaban J connectivity index is 2.20. The molecule has 0 aliphatic carbocycles. The number of halogens is 3. The van der Waals surface area contributed by atoms with Crippen LogP contribution in [-0.2, 0) is 11.2 Å². The lowest BCUT2D eigenvalue weighted by atomic mass is 10.2. The minimum atomic E-state index is -2.64. The third kappa shape index (κ3) is 3.77. The number of hydrogen-bond donors (Lipinski definition) is 0. The van der Waals surface area contributed by atoms with E-state index in [0.29, 0.717) is 16.4 Å². The molecule has 1 heterocycles. The number of amides is 1. The summed E-state index contributed by atoms with van der Waals surface area (Å²) in [6.07, 6.45) is -1.44. The van der Waals surface area contributed by atoms with Crippen LogP contribution < -0.4 is 4.90 Å². The van der Waals surface area contributed by atoms with Gasteiger partial charge in [0.25, 0.3) is 6.43 Å². The molecule has 7 heteroatoms. The van der Waals surface area contributed by atoms with Crippen LogP contribution in [0.4, 0.5) is 14.5 Å². The first-order valence-electron chi connectivity index (χ1n) is 5.79. The number of hydrogen-bond acceptors (Lipinski definition) is 3. The number of rotatable bonds is 5. The van der Waals surface area contributed by atoms with E-state index in [0.717, 1.165) is 4.90 Å². The second-order valence-corrected chi connectivity index (χ2v) is 4.48. The van der Waals surface area contributed by atoms with Crippen LogP contribution in [0.25, 0.3) is 0 Å². The van der Waals surface area contributed by atoms with Gasteiger partial charge in [-0.05, 0) is 18.2 Å². The standard InChI is InChI=1S/C13H11ClF2N2O2/c14-9-2-1-3-11(6-9)18(8-12(15)16)13(19)7-10-4-5-20-17-10/h1-6,12H,7-8H2. The van der Waals surface area contributed by atoms with E-state index in [-0.39, 0.29) is 6.42 Å². The molecule has 0 saturated heterocycles. The summed E-state index contributed by atoms with van der Waals surface area (Å²) in [4.78, 5) is 13.1. The van der Waals surface area contributed by atoms with Crippen LogP contribution in [0.1, 0.15) is 5.69 Å². The molecule has 0 N–H and O–H groups in total. The van der Waals surface area contributed by atoms with Crippen molar-refractivity contribution in [1.82, 2.24) is 5.16 Å². The predicted molar refractivity (Wildman–Crippen MR) is 70.0 cm³/mol. The second kappa shape index (κ2) is 6.47. The summed E-state index contributed by atoms with van der Waals surface area (Å²) < 4.78 is 29.9. The molecule has 4 nitrogen and oxygen atoms in total. The van der Waals surface area contributed by atoms with Gasteiger partial charge in [0.1, 0.15) is 6.26 Å². The van der Waals surface area contributed by atoms with Crippen molar-refractivity contribution in [2.45, 2.75) is 12.8 Å². The van der Waals surface area contributed by atoms with Gasteiger partial charge in [0, 0.05) is 16.8 Å². The molecule has 2 rings (SSSR count). The number of nitrogens with zero attached hydrogens (tertiary/aromatic N) is 2. The first-order chi connectivity index (χ1) is 9.56. The Morgan fingerprint density at radius 2 is 2.20 bits per heavy atom. The average molecular weight is 301 g/mol. The highest BCUT2D eigenvalue weighted by Gasteiger charge is 2.21. The van der Waals surface area contributed by atoms with E-state index in [1.54, 1.807) is 18.2 Å². The van der Waals surface area contributed by atoms with Gasteiger partial charge in [-0.15, -0.1) is 0 Å². The summed E-state index contributed by atoms with van der Waals surface area (Å²) in [7, 11) is 0. The fraction of sp³-hybridized carbons (Fsp3) is 0.231. The topological polar surface area (TPSA) is 46.3 Å². The molecule has 0 atom stereocenters. The molecule has 20 heavy (non-hydrogen) atoms. The van der Waals surface area contributed by atoms with Crippen molar-refractivity contribution in [2.75, 3.05) is 11.4 Å². The molecule has 2 aromatic rings. The maximum absolute atomic E-state index is 12.6. The summed E-state index contributed by atoms with van der Waals surface area (Å²) >= 11 is 5.82. The van der Waals surface area contributed by atoms with Gasteiger partial charge in [0.15, 0.2) is 0 Å². The van der Waals surface area contributed by atoms with Crippen LogP contribution >= 0.6 is 11.6 Å². The SMILES string of the molecule is O=C(Cc1ccon1)N(CC(F)F)c1cccc(Cl)c1. The van der Waals surface area contributed by atoms with Gasteiger partial charge in [-0.1, -0.05) is 22.8 Å². The van der Waals surface area contributed by atoms with Crippen LogP contribution in [0.15, 0.2) is 41.1 Å². The lowest BCUT2D eigenvalue weighted by Crippen LogP contribution is -2.36. The van der Waals surface area contributed by atoms with Crippen molar-refractivity contribution in [3.63, 3.8) is 0 Å². The molecule has 0 spiro atoms. The van der Waals surface area contributed by atoms with Gasteiger partial charge >= 0.3 is 0 Å². The third-order valence-electron chi connectivity index (χ3n) is 2.57. The minimum Gasteiger partial charge on any atom is -0.364 e. The zero-order chi connectivity index (χ0) is 14.5. The van der Waals surface area contributed by atoms with E-state index in [9.17, 15) is 13.6 Å². The first-order valence-corrected chi connectivity index (χ1v) is 6.17. The lowest BCUT2D eigenvalue weighted by Gasteiger charge is -2.22. The van der Waals surface area contributed by atoms with Crippen molar-refractivity contribution < 1.29 is 18.1 Å². The number of carbonyl (C=O) groups is 1. The fourth-order valence-corrected chi connectivity index (χ4v) is 1.90. The summed E-state index contributed by atoms with van der Waals surface area (Å²) in [5.41, 5.74) is 0.711. The van der Waals surface area contributed by atoms with Gasteiger partial charge in [0.2, 0.25) is 5.91 Å². The average Bonchev–Trinajstić information content (AvgIpc) is 2.88. The molecule has 1 aromatic heterocycles. The Morgan fingerprint density at radius 3 is 2.80 bits per heavy atom. The molecule has 0 bridgehead atoms. The monoisotopic (exact) mass is 300 g/mol. The van der Waals surface area contributed by atoms with E-state index >= 15 is 0 Å². The molecule has 106 valence electrons. The number of alkyl halides is 2. The van der Waals surface area contributed by atoms with E-state index in [2.05, 4.69) is 9.68 Å². The van der Waals surface area contributed by atoms with Crippen molar-refractivity contribution in [3.05, 3.63) is 47.3 Å². The summed E-state index contributed by atoms with van der Waals surface area (Å²) in [5, 5.41) is 3.96. The first kappa shape index (κ1) is 14.5. The van der Waals surface area contributed by atoms with Crippen LogP contribution in [0.2, 0.25) is 5.02 Å². The summed E-state index contributed by atoms with van der Waals surface area (Å²) in [6, 6.07) is 7.73. The Kier molecular flexibility index (Phi) is 4.68. The van der Waals surface area contributed by atoms with Crippen LogP contribution in [0.5, 0.6) is 0 Å². The molecule has 1 aromatic carbocycles. The maximum atomic E-state index is 12.6. The number of anilines is 1. The van der Waals surface area contributed by atoms with E-state index in [1.807, 2.05) is 0 Å². The van der Waals surface area contributed by atoms with Crippen LogP contribution in [-0.4, -0.2) is 24.0 Å². The molecule has 0 aliphatic rings. The molecule has 1 amide bonds. The van der Waals surface area contributed by atoms with Crippen molar-refractivity contribution in [2.24, 2.45) is 0 Å². The third-order valence-corrected chi connectivity index (χ3v) is 2.80. The summed E-state index contributed by atoms with van der Waals surface area (Å²) in [5.74, 6) is -0.499. The van der Waals surface area contributed by atoms with Gasteiger partial charge < -0.3 is 9.42 Å². The Bertz CT molecular complexity index is 576. The molecule has 0 saturated carbocycles. The van der Waals surface area contributed by atoms with Crippen LogP contribution in [0.3, 0.4) is 0 Å². The van der Waals surface area contributed by atoms with Crippen LogP contribution in [0, 0.1) is 0 Å². The fourth-order valence-electron chi connectivity index (χ4n) is 1.71. The number of aromatic nitrogens is 1. The smallest absolute Gasteiger partial charge is 0.256 e. The van der Waals surface area contributed by atoms with E-state index in [1.165, 1.54) is 18.4 Å². The Morgan fingerprint density at radius 1 is 1.40 bits per heavy atom. The van der Waals surface area contributed by atoms with Gasteiger partial charge in [-0.3, -0.25) is 4.79 Å². The zero-order valence-corrected chi connectivity index (χ0v) is 11.1. The predicted octanol–water partition coefficient (Wildman–Crippen LogP) is 3.17. The highest BCUT2D eigenvalue weighted by atomic mass is 35.5.